The Balaban J connectivity index is 1.21. The zero-order valence-electron chi connectivity index (χ0n) is 17.1. The van der Waals surface area contributed by atoms with Gasteiger partial charge in [-0.2, -0.15) is 0 Å². The fraction of sp³-hybridized carbons (Fsp3) is 0.400. The molecule has 0 aliphatic carbocycles. The molecule has 4 nitrogen and oxygen atoms in total. The van der Waals surface area contributed by atoms with Gasteiger partial charge in [-0.05, 0) is 48.4 Å². The van der Waals surface area contributed by atoms with Crippen molar-refractivity contribution in [2.75, 3.05) is 19.6 Å². The summed E-state index contributed by atoms with van der Waals surface area (Å²) in [5, 5.41) is 4.27. The number of nitrogens with zero attached hydrogens (tertiary/aromatic N) is 1. The maximum atomic E-state index is 12.6. The summed E-state index contributed by atoms with van der Waals surface area (Å²) in [4.78, 5) is 15.1. The van der Waals surface area contributed by atoms with Gasteiger partial charge in [-0.25, -0.2) is 0 Å². The van der Waals surface area contributed by atoms with Crippen LogP contribution in [0.1, 0.15) is 30.9 Å². The van der Waals surface area contributed by atoms with Gasteiger partial charge in [0.05, 0.1) is 12.7 Å². The molecule has 1 unspecified atom stereocenters. The van der Waals surface area contributed by atoms with E-state index >= 15 is 0 Å². The summed E-state index contributed by atoms with van der Waals surface area (Å²) >= 11 is 0. The number of carbonyl (C=O) groups is 1. The van der Waals surface area contributed by atoms with Crippen molar-refractivity contribution in [2.45, 2.75) is 38.6 Å². The van der Waals surface area contributed by atoms with Gasteiger partial charge in [-0.3, -0.25) is 4.79 Å². The van der Waals surface area contributed by atoms with Crippen LogP contribution in [0.4, 0.5) is 0 Å². The van der Waals surface area contributed by atoms with E-state index in [0.29, 0.717) is 12.3 Å². The standard InChI is InChI=1S/C25H30N2O2/c1-19(16-20-6-3-2-4-7-20)18-27-13-10-22(11-14-27)26-25(28)17-21-8-5-9-24-23(21)12-15-29-24/h2-9,12,15,19,22H,10-11,13-14,16-18H2,1H3,(H,26,28). The Kier molecular flexibility index (Phi) is 6.30. The van der Waals surface area contributed by atoms with Gasteiger partial charge in [0.15, 0.2) is 0 Å². The fourth-order valence-corrected chi connectivity index (χ4v) is 4.44. The van der Waals surface area contributed by atoms with Gasteiger partial charge in [0.25, 0.3) is 0 Å². The van der Waals surface area contributed by atoms with Crippen molar-refractivity contribution in [2.24, 2.45) is 5.92 Å². The quantitative estimate of drug-likeness (QED) is 0.649. The highest BCUT2D eigenvalue weighted by Crippen LogP contribution is 2.21. The van der Waals surface area contributed by atoms with Crippen molar-refractivity contribution in [1.29, 1.82) is 0 Å². The summed E-state index contributed by atoms with van der Waals surface area (Å²) in [7, 11) is 0. The van der Waals surface area contributed by atoms with Gasteiger partial charge < -0.3 is 14.6 Å². The number of piperidine rings is 1. The number of rotatable bonds is 7. The van der Waals surface area contributed by atoms with E-state index in [2.05, 4.69) is 47.5 Å². The zero-order valence-corrected chi connectivity index (χ0v) is 17.1. The van der Waals surface area contributed by atoms with E-state index in [0.717, 1.165) is 55.4 Å². The monoisotopic (exact) mass is 390 g/mol. The first-order valence-corrected chi connectivity index (χ1v) is 10.7. The summed E-state index contributed by atoms with van der Waals surface area (Å²) in [6.07, 6.45) is 5.27. The van der Waals surface area contributed by atoms with Crippen molar-refractivity contribution in [3.05, 3.63) is 72.0 Å². The average molecular weight is 391 g/mol. The number of benzene rings is 2. The van der Waals surface area contributed by atoms with Crippen LogP contribution < -0.4 is 5.32 Å². The minimum Gasteiger partial charge on any atom is -0.464 e. The van der Waals surface area contributed by atoms with E-state index in [1.54, 1.807) is 6.26 Å². The third-order valence-electron chi connectivity index (χ3n) is 5.89. The second kappa shape index (κ2) is 9.27. The Hall–Kier alpha value is -2.59. The first-order chi connectivity index (χ1) is 14.2. The normalized spacial score (nSPS) is 16.7. The van der Waals surface area contributed by atoms with Crippen LogP contribution in [-0.2, 0) is 17.6 Å². The van der Waals surface area contributed by atoms with Crippen LogP contribution in [0.2, 0.25) is 0 Å². The molecule has 152 valence electrons. The SMILES string of the molecule is CC(Cc1ccccc1)CN1CCC(NC(=O)Cc2cccc3occc23)CC1. The molecule has 1 N–H and O–H groups in total. The van der Waals surface area contributed by atoms with Crippen LogP contribution in [0.25, 0.3) is 11.0 Å². The van der Waals surface area contributed by atoms with Crippen LogP contribution in [0.15, 0.2) is 65.3 Å². The largest absolute Gasteiger partial charge is 0.464 e. The highest BCUT2D eigenvalue weighted by molar-refractivity contribution is 5.87. The number of nitrogens with one attached hydrogen (secondary N) is 1. The van der Waals surface area contributed by atoms with Gasteiger partial charge in [0, 0.05) is 31.1 Å². The minimum atomic E-state index is 0.106. The van der Waals surface area contributed by atoms with Crippen LogP contribution >= 0.6 is 0 Å². The maximum absolute atomic E-state index is 12.6. The minimum absolute atomic E-state index is 0.106. The molecular formula is C25H30N2O2. The topological polar surface area (TPSA) is 45.5 Å². The number of amides is 1. The molecule has 1 amide bonds. The number of hydrogen-bond acceptors (Lipinski definition) is 3. The molecule has 1 aliphatic heterocycles. The van der Waals surface area contributed by atoms with Crippen molar-refractivity contribution < 1.29 is 9.21 Å². The van der Waals surface area contributed by atoms with Gasteiger partial charge >= 0.3 is 0 Å². The predicted molar refractivity (Wildman–Crippen MR) is 117 cm³/mol. The van der Waals surface area contributed by atoms with Gasteiger partial charge in [-0.1, -0.05) is 49.4 Å². The first kappa shape index (κ1) is 19.7. The molecule has 4 heteroatoms. The van der Waals surface area contributed by atoms with Gasteiger partial charge in [0.1, 0.15) is 5.58 Å². The van der Waals surface area contributed by atoms with E-state index < -0.39 is 0 Å². The zero-order chi connectivity index (χ0) is 20.1. The average Bonchev–Trinajstić information content (AvgIpc) is 3.20. The van der Waals surface area contributed by atoms with Gasteiger partial charge in [-0.15, -0.1) is 0 Å². The molecule has 4 rings (SSSR count). The molecule has 2 aromatic carbocycles. The van der Waals surface area contributed by atoms with Crippen molar-refractivity contribution in [3.63, 3.8) is 0 Å². The Bertz CT molecular complexity index is 926. The highest BCUT2D eigenvalue weighted by Gasteiger charge is 2.22. The summed E-state index contributed by atoms with van der Waals surface area (Å²) in [6, 6.07) is 18.8. The number of carbonyl (C=O) groups excluding carboxylic acids is 1. The molecule has 29 heavy (non-hydrogen) atoms. The summed E-state index contributed by atoms with van der Waals surface area (Å²) in [5.74, 6) is 0.744. The molecule has 1 atom stereocenters. The number of likely N-dealkylation sites (tertiary alicyclic amines) is 1. The Morgan fingerprint density at radius 2 is 1.90 bits per heavy atom. The van der Waals surface area contributed by atoms with E-state index in [9.17, 15) is 4.79 Å². The highest BCUT2D eigenvalue weighted by atomic mass is 16.3. The Morgan fingerprint density at radius 1 is 1.10 bits per heavy atom. The Morgan fingerprint density at radius 3 is 2.69 bits per heavy atom. The van der Waals surface area contributed by atoms with Crippen LogP contribution in [0, 0.1) is 5.92 Å². The first-order valence-electron chi connectivity index (χ1n) is 10.7. The molecule has 1 aromatic heterocycles. The predicted octanol–water partition coefficient (Wildman–Crippen LogP) is 4.43. The molecule has 2 heterocycles. The van der Waals surface area contributed by atoms with Crippen molar-refractivity contribution in [3.8, 4) is 0 Å². The van der Waals surface area contributed by atoms with E-state index in [1.165, 1.54) is 5.56 Å². The summed E-state index contributed by atoms with van der Waals surface area (Å²) in [5.41, 5.74) is 3.28. The van der Waals surface area contributed by atoms with E-state index in [4.69, 9.17) is 4.42 Å². The molecule has 0 saturated carbocycles. The molecule has 0 radical (unpaired) electrons. The lowest BCUT2D eigenvalue weighted by atomic mass is 9.98. The third-order valence-corrected chi connectivity index (χ3v) is 5.89. The molecule has 1 saturated heterocycles. The van der Waals surface area contributed by atoms with E-state index in [1.807, 2.05) is 24.3 Å². The Labute approximate surface area is 172 Å². The lowest BCUT2D eigenvalue weighted by Crippen LogP contribution is -2.46. The smallest absolute Gasteiger partial charge is 0.224 e. The number of fused-ring (bicyclic) bond motifs is 1. The maximum Gasteiger partial charge on any atom is 0.224 e. The third kappa shape index (κ3) is 5.27. The van der Waals surface area contributed by atoms with Crippen LogP contribution in [-0.4, -0.2) is 36.5 Å². The van der Waals surface area contributed by atoms with Crippen molar-refractivity contribution >= 4 is 16.9 Å². The number of hydrogen-bond donors (Lipinski definition) is 1. The van der Waals surface area contributed by atoms with Crippen LogP contribution in [0.5, 0.6) is 0 Å². The molecule has 0 spiro atoms. The van der Waals surface area contributed by atoms with E-state index in [-0.39, 0.29) is 11.9 Å². The molecule has 1 fully saturated rings. The summed E-state index contributed by atoms with van der Waals surface area (Å²) in [6.45, 7) is 5.57. The second-order valence-corrected chi connectivity index (χ2v) is 8.36. The molecular weight excluding hydrogens is 360 g/mol. The molecule has 0 bridgehead atoms. The lowest BCUT2D eigenvalue weighted by Gasteiger charge is -2.34. The van der Waals surface area contributed by atoms with Crippen molar-refractivity contribution in [1.82, 2.24) is 10.2 Å². The second-order valence-electron chi connectivity index (χ2n) is 8.36. The molecule has 1 aliphatic rings. The molecule has 3 aromatic rings. The number of furan rings is 1. The fourth-order valence-electron chi connectivity index (χ4n) is 4.44. The summed E-state index contributed by atoms with van der Waals surface area (Å²) < 4.78 is 5.43. The van der Waals surface area contributed by atoms with Crippen LogP contribution in [0.3, 0.4) is 0 Å². The van der Waals surface area contributed by atoms with Gasteiger partial charge in [0.2, 0.25) is 5.91 Å². The lowest BCUT2D eigenvalue weighted by molar-refractivity contribution is -0.121.